The molecular formula is C18H16ClFN2O3S2. The number of nitrogens with zero attached hydrogens (tertiary/aromatic N) is 1. The SMILES string of the molecule is CCN(c1ccc2sc(C(=O)Nc3ccc(F)c(Cl)c3)cc2c1)S(C)(=O)=O. The van der Waals surface area contributed by atoms with Gasteiger partial charge in [-0.05, 0) is 54.8 Å². The second-order valence-electron chi connectivity index (χ2n) is 5.84. The highest BCUT2D eigenvalue weighted by Gasteiger charge is 2.17. The molecule has 9 heteroatoms. The van der Waals surface area contributed by atoms with Crippen LogP contribution in [0.4, 0.5) is 15.8 Å². The molecule has 0 fully saturated rings. The largest absolute Gasteiger partial charge is 0.321 e. The van der Waals surface area contributed by atoms with Gasteiger partial charge >= 0.3 is 0 Å². The molecule has 0 atom stereocenters. The predicted molar refractivity (Wildman–Crippen MR) is 109 cm³/mol. The molecule has 0 spiro atoms. The number of fused-ring (bicyclic) bond motifs is 1. The van der Waals surface area contributed by atoms with E-state index in [1.54, 1.807) is 31.2 Å². The van der Waals surface area contributed by atoms with Crippen LogP contribution < -0.4 is 9.62 Å². The lowest BCUT2D eigenvalue weighted by Gasteiger charge is -2.20. The van der Waals surface area contributed by atoms with Crippen LogP contribution in [0.3, 0.4) is 0 Å². The third kappa shape index (κ3) is 4.23. The molecule has 0 saturated heterocycles. The van der Waals surface area contributed by atoms with Crippen molar-refractivity contribution in [3.63, 3.8) is 0 Å². The Labute approximate surface area is 165 Å². The fraction of sp³-hybridized carbons (Fsp3) is 0.167. The number of anilines is 2. The maximum Gasteiger partial charge on any atom is 0.265 e. The number of benzene rings is 2. The van der Waals surface area contributed by atoms with E-state index in [-0.39, 0.29) is 10.9 Å². The molecule has 1 N–H and O–H groups in total. The fourth-order valence-electron chi connectivity index (χ4n) is 2.67. The first-order chi connectivity index (χ1) is 12.7. The van der Waals surface area contributed by atoms with Gasteiger partial charge in [0.25, 0.3) is 5.91 Å². The molecule has 0 aliphatic heterocycles. The molecule has 2 aromatic carbocycles. The van der Waals surface area contributed by atoms with Crippen molar-refractivity contribution in [1.29, 1.82) is 0 Å². The molecule has 1 aromatic heterocycles. The smallest absolute Gasteiger partial charge is 0.265 e. The molecule has 5 nitrogen and oxygen atoms in total. The van der Waals surface area contributed by atoms with Crippen molar-refractivity contribution in [3.8, 4) is 0 Å². The third-order valence-corrected chi connectivity index (χ3v) is 6.55. The van der Waals surface area contributed by atoms with Crippen LogP contribution in [0.25, 0.3) is 10.1 Å². The topological polar surface area (TPSA) is 66.5 Å². The van der Waals surface area contributed by atoms with Gasteiger partial charge in [0, 0.05) is 16.9 Å². The summed E-state index contributed by atoms with van der Waals surface area (Å²) in [5.41, 5.74) is 0.932. The Kier molecular flexibility index (Phi) is 5.41. The molecule has 1 heterocycles. The molecule has 0 aliphatic rings. The number of amides is 1. The van der Waals surface area contributed by atoms with Crippen molar-refractivity contribution >= 4 is 60.3 Å². The molecule has 27 heavy (non-hydrogen) atoms. The number of hydrogen-bond acceptors (Lipinski definition) is 4. The van der Waals surface area contributed by atoms with Gasteiger partial charge in [0.05, 0.1) is 21.8 Å². The van der Waals surface area contributed by atoms with Crippen molar-refractivity contribution in [2.24, 2.45) is 0 Å². The van der Waals surface area contributed by atoms with Gasteiger partial charge in [0.2, 0.25) is 10.0 Å². The molecule has 0 saturated carbocycles. The zero-order chi connectivity index (χ0) is 19.8. The van der Waals surface area contributed by atoms with Crippen LogP contribution in [0.15, 0.2) is 42.5 Å². The second kappa shape index (κ2) is 7.46. The summed E-state index contributed by atoms with van der Waals surface area (Å²) in [4.78, 5) is 12.9. The minimum Gasteiger partial charge on any atom is -0.321 e. The molecule has 0 bridgehead atoms. The highest BCUT2D eigenvalue weighted by atomic mass is 35.5. The first-order valence-corrected chi connectivity index (χ1v) is 11.0. The number of carbonyl (C=O) groups is 1. The van der Waals surface area contributed by atoms with Crippen LogP contribution in [0.5, 0.6) is 0 Å². The Morgan fingerprint density at radius 2 is 1.96 bits per heavy atom. The summed E-state index contributed by atoms with van der Waals surface area (Å²) in [6, 6.07) is 10.9. The lowest BCUT2D eigenvalue weighted by molar-refractivity contribution is 0.103. The van der Waals surface area contributed by atoms with E-state index in [1.165, 1.54) is 33.8 Å². The molecular weight excluding hydrogens is 411 g/mol. The van der Waals surface area contributed by atoms with Gasteiger partial charge in [-0.15, -0.1) is 11.3 Å². The van der Waals surface area contributed by atoms with E-state index >= 15 is 0 Å². The van der Waals surface area contributed by atoms with E-state index in [1.807, 2.05) is 0 Å². The van der Waals surface area contributed by atoms with Crippen LogP contribution in [0.1, 0.15) is 16.6 Å². The molecule has 3 aromatic rings. The minimum atomic E-state index is -3.38. The Morgan fingerprint density at radius 3 is 2.59 bits per heavy atom. The maximum absolute atomic E-state index is 13.2. The van der Waals surface area contributed by atoms with Gasteiger partial charge in [-0.1, -0.05) is 11.6 Å². The van der Waals surface area contributed by atoms with E-state index in [0.717, 1.165) is 16.3 Å². The summed E-state index contributed by atoms with van der Waals surface area (Å²) >= 11 is 7.01. The lowest BCUT2D eigenvalue weighted by Crippen LogP contribution is -2.29. The second-order valence-corrected chi connectivity index (χ2v) is 9.24. The van der Waals surface area contributed by atoms with Crippen molar-refractivity contribution < 1.29 is 17.6 Å². The quantitative estimate of drug-likeness (QED) is 0.641. The summed E-state index contributed by atoms with van der Waals surface area (Å²) in [6.07, 6.45) is 1.15. The summed E-state index contributed by atoms with van der Waals surface area (Å²) in [6.45, 7) is 2.07. The monoisotopic (exact) mass is 426 g/mol. The summed E-state index contributed by atoms with van der Waals surface area (Å²) in [7, 11) is -3.38. The molecule has 3 rings (SSSR count). The van der Waals surface area contributed by atoms with Gasteiger partial charge in [0.15, 0.2) is 0 Å². The fourth-order valence-corrected chi connectivity index (χ4v) is 4.76. The lowest BCUT2D eigenvalue weighted by atomic mass is 10.2. The first kappa shape index (κ1) is 19.6. The van der Waals surface area contributed by atoms with E-state index in [4.69, 9.17) is 11.6 Å². The number of nitrogens with one attached hydrogen (secondary N) is 1. The Hall–Kier alpha value is -2.16. The average Bonchev–Trinajstić information content (AvgIpc) is 3.01. The van der Waals surface area contributed by atoms with Crippen molar-refractivity contribution in [3.05, 3.63) is 58.2 Å². The van der Waals surface area contributed by atoms with Gasteiger partial charge in [-0.25, -0.2) is 12.8 Å². The zero-order valence-electron chi connectivity index (χ0n) is 14.5. The summed E-state index contributed by atoms with van der Waals surface area (Å²) in [5.74, 6) is -0.911. The normalized spacial score (nSPS) is 11.6. The van der Waals surface area contributed by atoms with E-state index < -0.39 is 15.8 Å². The summed E-state index contributed by atoms with van der Waals surface area (Å²) < 4.78 is 39.2. The van der Waals surface area contributed by atoms with Crippen LogP contribution in [-0.4, -0.2) is 27.1 Å². The van der Waals surface area contributed by atoms with Crippen molar-refractivity contribution in [1.82, 2.24) is 0 Å². The number of halogens is 2. The van der Waals surface area contributed by atoms with Gasteiger partial charge in [-0.2, -0.15) is 0 Å². The van der Waals surface area contributed by atoms with Crippen LogP contribution >= 0.6 is 22.9 Å². The predicted octanol–water partition coefficient (Wildman–Crippen LogP) is 4.73. The first-order valence-electron chi connectivity index (χ1n) is 7.96. The average molecular weight is 427 g/mol. The van der Waals surface area contributed by atoms with E-state index in [2.05, 4.69) is 5.32 Å². The third-order valence-electron chi connectivity index (χ3n) is 3.88. The van der Waals surface area contributed by atoms with E-state index in [9.17, 15) is 17.6 Å². The van der Waals surface area contributed by atoms with Crippen molar-refractivity contribution in [2.45, 2.75) is 6.92 Å². The standard InChI is InChI=1S/C18H16ClFN2O3S2/c1-3-22(27(2,24)25)13-5-7-16-11(8-13)9-17(26-16)18(23)21-12-4-6-15(20)14(19)10-12/h4-10H,3H2,1-2H3,(H,21,23). The Bertz CT molecular complexity index is 1130. The molecule has 142 valence electrons. The van der Waals surface area contributed by atoms with Crippen molar-refractivity contribution in [2.75, 3.05) is 22.4 Å². The number of thiophene rings is 1. The molecule has 1 amide bonds. The minimum absolute atomic E-state index is 0.0748. The van der Waals surface area contributed by atoms with Crippen LogP contribution in [0, 0.1) is 5.82 Å². The number of hydrogen-bond donors (Lipinski definition) is 1. The number of rotatable bonds is 5. The van der Waals surface area contributed by atoms with Gasteiger partial charge < -0.3 is 5.32 Å². The highest BCUT2D eigenvalue weighted by molar-refractivity contribution is 7.92. The molecule has 0 unspecified atom stereocenters. The van der Waals surface area contributed by atoms with Crippen LogP contribution in [-0.2, 0) is 10.0 Å². The van der Waals surface area contributed by atoms with Gasteiger partial charge in [-0.3, -0.25) is 9.10 Å². The molecule has 0 radical (unpaired) electrons. The molecule has 0 aliphatic carbocycles. The number of sulfonamides is 1. The maximum atomic E-state index is 13.2. The Balaban J connectivity index is 1.89. The summed E-state index contributed by atoms with van der Waals surface area (Å²) in [5, 5.41) is 3.36. The Morgan fingerprint density at radius 1 is 1.22 bits per heavy atom. The van der Waals surface area contributed by atoms with E-state index in [0.29, 0.717) is 22.8 Å². The van der Waals surface area contributed by atoms with Gasteiger partial charge in [0.1, 0.15) is 5.82 Å². The van der Waals surface area contributed by atoms with Crippen LogP contribution in [0.2, 0.25) is 5.02 Å². The highest BCUT2D eigenvalue weighted by Crippen LogP contribution is 2.31. The number of carbonyl (C=O) groups excluding carboxylic acids is 1. The zero-order valence-corrected chi connectivity index (χ0v) is 16.9.